The van der Waals surface area contributed by atoms with Crippen LogP contribution in [0.5, 0.6) is 5.75 Å². The van der Waals surface area contributed by atoms with Gasteiger partial charge in [0.1, 0.15) is 5.75 Å². The van der Waals surface area contributed by atoms with Crippen molar-refractivity contribution < 1.29 is 19.4 Å². The molecule has 0 saturated carbocycles. The second kappa shape index (κ2) is 7.75. The van der Waals surface area contributed by atoms with E-state index >= 15 is 0 Å². The van der Waals surface area contributed by atoms with E-state index in [1.54, 1.807) is 38.1 Å². The topological polar surface area (TPSA) is 66.8 Å². The smallest absolute Gasteiger partial charge is 0.308 e. The van der Waals surface area contributed by atoms with Crippen LogP contribution in [0.3, 0.4) is 0 Å². The van der Waals surface area contributed by atoms with Crippen molar-refractivity contribution in [2.45, 2.75) is 13.8 Å². The number of likely N-dealkylation sites (N-methyl/N-ethyl adjacent to an activating group) is 1. The van der Waals surface area contributed by atoms with Crippen molar-refractivity contribution in [2.24, 2.45) is 5.92 Å². The van der Waals surface area contributed by atoms with E-state index in [2.05, 4.69) is 0 Å². The van der Waals surface area contributed by atoms with Crippen molar-refractivity contribution in [1.29, 1.82) is 0 Å². The molecule has 1 atom stereocenters. The Kier molecular flexibility index (Phi) is 6.31. The average Bonchev–Trinajstić information content (AvgIpc) is 2.41. The number of carbonyl (C=O) groups is 2. The number of rotatable bonds is 7. The number of ether oxygens (including phenoxy) is 1. The molecule has 0 aliphatic carbocycles. The first-order valence-electron chi connectivity index (χ1n) is 6.33. The first-order valence-corrected chi connectivity index (χ1v) is 6.70. The number of hydrogen-bond donors (Lipinski definition) is 1. The Morgan fingerprint density at radius 2 is 2.15 bits per heavy atom. The largest absolute Gasteiger partial charge is 0.484 e. The van der Waals surface area contributed by atoms with Crippen LogP contribution in [0.1, 0.15) is 13.8 Å². The summed E-state index contributed by atoms with van der Waals surface area (Å²) in [5.41, 5.74) is 0. The van der Waals surface area contributed by atoms with E-state index in [1.807, 2.05) is 0 Å². The minimum Gasteiger partial charge on any atom is -0.484 e. The number of hydrogen-bond acceptors (Lipinski definition) is 3. The van der Waals surface area contributed by atoms with Gasteiger partial charge in [-0.05, 0) is 25.1 Å². The summed E-state index contributed by atoms with van der Waals surface area (Å²) in [7, 11) is 0. The first kappa shape index (κ1) is 16.3. The Bertz CT molecular complexity index is 478. The molecule has 1 amide bonds. The molecule has 0 bridgehead atoms. The summed E-state index contributed by atoms with van der Waals surface area (Å²) in [5, 5.41) is 9.39. The molecule has 0 aliphatic heterocycles. The molecule has 5 nitrogen and oxygen atoms in total. The summed E-state index contributed by atoms with van der Waals surface area (Å²) in [5.74, 6) is -1.27. The van der Waals surface area contributed by atoms with E-state index in [9.17, 15) is 9.59 Å². The maximum absolute atomic E-state index is 12.0. The molecule has 0 spiro atoms. The van der Waals surface area contributed by atoms with E-state index in [4.69, 9.17) is 21.4 Å². The van der Waals surface area contributed by atoms with Gasteiger partial charge in [0.05, 0.1) is 5.92 Å². The fraction of sp³-hybridized carbons (Fsp3) is 0.429. The third kappa shape index (κ3) is 5.09. The van der Waals surface area contributed by atoms with E-state index < -0.39 is 11.9 Å². The zero-order valence-corrected chi connectivity index (χ0v) is 12.3. The van der Waals surface area contributed by atoms with Crippen molar-refractivity contribution >= 4 is 23.5 Å². The summed E-state index contributed by atoms with van der Waals surface area (Å²) < 4.78 is 5.35. The standard InChI is InChI=1S/C14H18ClNO4/c1-3-16(8-10(2)14(18)19)13(17)9-20-12-6-4-5-11(15)7-12/h4-7,10H,3,8-9H2,1-2H3,(H,18,19). The zero-order valence-electron chi connectivity index (χ0n) is 11.5. The normalized spacial score (nSPS) is 11.8. The quantitative estimate of drug-likeness (QED) is 0.839. The van der Waals surface area contributed by atoms with Crippen LogP contribution in [0.15, 0.2) is 24.3 Å². The van der Waals surface area contributed by atoms with Crippen LogP contribution in [0.25, 0.3) is 0 Å². The molecule has 1 unspecified atom stereocenters. The Morgan fingerprint density at radius 3 is 2.70 bits per heavy atom. The highest BCUT2D eigenvalue weighted by Crippen LogP contribution is 2.17. The van der Waals surface area contributed by atoms with Gasteiger partial charge in [0, 0.05) is 18.1 Å². The molecule has 0 aromatic heterocycles. The van der Waals surface area contributed by atoms with Crippen molar-refractivity contribution in [3.05, 3.63) is 29.3 Å². The molecule has 20 heavy (non-hydrogen) atoms. The first-order chi connectivity index (χ1) is 9.43. The van der Waals surface area contributed by atoms with Crippen molar-refractivity contribution in [3.63, 3.8) is 0 Å². The molecule has 0 aliphatic rings. The van der Waals surface area contributed by atoms with E-state index in [0.29, 0.717) is 17.3 Å². The van der Waals surface area contributed by atoms with Crippen LogP contribution in [0, 0.1) is 5.92 Å². The van der Waals surface area contributed by atoms with Crippen molar-refractivity contribution in [2.75, 3.05) is 19.7 Å². The lowest BCUT2D eigenvalue weighted by molar-refractivity contribution is -0.143. The molecule has 1 aromatic rings. The molecule has 0 heterocycles. The Hall–Kier alpha value is -1.75. The summed E-state index contributed by atoms with van der Waals surface area (Å²) in [6.45, 7) is 3.83. The summed E-state index contributed by atoms with van der Waals surface area (Å²) in [6.07, 6.45) is 0. The monoisotopic (exact) mass is 299 g/mol. The lowest BCUT2D eigenvalue weighted by Crippen LogP contribution is -2.39. The van der Waals surface area contributed by atoms with Crippen LogP contribution < -0.4 is 4.74 Å². The summed E-state index contributed by atoms with van der Waals surface area (Å²) >= 11 is 5.81. The van der Waals surface area contributed by atoms with Gasteiger partial charge in [0.25, 0.3) is 5.91 Å². The zero-order chi connectivity index (χ0) is 15.1. The number of nitrogens with zero attached hydrogens (tertiary/aromatic N) is 1. The highest BCUT2D eigenvalue weighted by atomic mass is 35.5. The number of benzene rings is 1. The molecule has 0 saturated heterocycles. The average molecular weight is 300 g/mol. The second-order valence-corrected chi connectivity index (χ2v) is 4.85. The fourth-order valence-electron chi connectivity index (χ4n) is 1.61. The van der Waals surface area contributed by atoms with Crippen LogP contribution in [0.4, 0.5) is 0 Å². The second-order valence-electron chi connectivity index (χ2n) is 4.42. The van der Waals surface area contributed by atoms with Gasteiger partial charge in [0.15, 0.2) is 6.61 Å². The van der Waals surface area contributed by atoms with Crippen molar-refractivity contribution in [1.82, 2.24) is 4.90 Å². The predicted molar refractivity (Wildman–Crippen MR) is 76.0 cm³/mol. The van der Waals surface area contributed by atoms with Gasteiger partial charge in [0.2, 0.25) is 0 Å². The molecule has 1 rings (SSSR count). The molecule has 1 N–H and O–H groups in total. The molecule has 110 valence electrons. The number of amides is 1. The molecule has 0 radical (unpaired) electrons. The maximum atomic E-state index is 12.0. The van der Waals surface area contributed by atoms with Gasteiger partial charge in [-0.15, -0.1) is 0 Å². The molecular weight excluding hydrogens is 282 g/mol. The fourth-order valence-corrected chi connectivity index (χ4v) is 1.79. The third-order valence-corrected chi connectivity index (χ3v) is 3.04. The molecule has 6 heteroatoms. The van der Waals surface area contributed by atoms with Gasteiger partial charge < -0.3 is 14.7 Å². The highest BCUT2D eigenvalue weighted by Gasteiger charge is 2.19. The van der Waals surface area contributed by atoms with Crippen molar-refractivity contribution in [3.8, 4) is 5.75 Å². The molecule has 0 fully saturated rings. The predicted octanol–water partition coefficient (Wildman–Crippen LogP) is 2.29. The van der Waals surface area contributed by atoms with Crippen LogP contribution in [-0.4, -0.2) is 41.6 Å². The lowest BCUT2D eigenvalue weighted by Gasteiger charge is -2.22. The lowest BCUT2D eigenvalue weighted by atomic mass is 10.1. The van der Waals surface area contributed by atoms with Crippen LogP contribution in [-0.2, 0) is 9.59 Å². The van der Waals surface area contributed by atoms with Gasteiger partial charge >= 0.3 is 5.97 Å². The number of carbonyl (C=O) groups excluding carboxylic acids is 1. The van der Waals surface area contributed by atoms with Crippen LogP contribution >= 0.6 is 11.6 Å². The minimum absolute atomic E-state index is 0.138. The Balaban J connectivity index is 2.53. The number of halogens is 1. The van der Waals surface area contributed by atoms with Gasteiger partial charge in [-0.2, -0.15) is 0 Å². The summed E-state index contributed by atoms with van der Waals surface area (Å²) in [6, 6.07) is 6.76. The summed E-state index contributed by atoms with van der Waals surface area (Å²) in [4.78, 5) is 24.2. The third-order valence-electron chi connectivity index (χ3n) is 2.81. The Labute approximate surface area is 123 Å². The van der Waals surface area contributed by atoms with E-state index in [-0.39, 0.29) is 19.1 Å². The van der Waals surface area contributed by atoms with Crippen LogP contribution in [0.2, 0.25) is 5.02 Å². The number of carboxylic acids is 1. The van der Waals surface area contributed by atoms with Gasteiger partial charge in [-0.3, -0.25) is 9.59 Å². The maximum Gasteiger partial charge on any atom is 0.308 e. The Morgan fingerprint density at radius 1 is 1.45 bits per heavy atom. The van der Waals surface area contributed by atoms with E-state index in [0.717, 1.165) is 0 Å². The number of aliphatic carboxylic acids is 1. The molecular formula is C14H18ClNO4. The highest BCUT2D eigenvalue weighted by molar-refractivity contribution is 6.30. The minimum atomic E-state index is -0.924. The molecule has 1 aromatic carbocycles. The van der Waals surface area contributed by atoms with E-state index in [1.165, 1.54) is 4.90 Å². The van der Waals surface area contributed by atoms with Gasteiger partial charge in [-0.25, -0.2) is 0 Å². The number of carboxylic acid groups (broad SMARTS) is 1. The van der Waals surface area contributed by atoms with Gasteiger partial charge in [-0.1, -0.05) is 24.6 Å². The SMILES string of the molecule is CCN(CC(C)C(=O)O)C(=O)COc1cccc(Cl)c1.